The van der Waals surface area contributed by atoms with Crippen molar-refractivity contribution in [1.82, 2.24) is 14.8 Å². The van der Waals surface area contributed by atoms with Gasteiger partial charge in [-0.2, -0.15) is 0 Å². The summed E-state index contributed by atoms with van der Waals surface area (Å²) in [5.41, 5.74) is 1.58. The standard InChI is InChI=1S/C25H28ClN3O2S/c1-16-6-3-4-9-19(16)27-24(31)25(2)15-28-20-10-11-32-22(20)13-21(28)23(30)29(25)14-17-7-5-8-18(26)12-17/h5,7-8,10-13,16,19H,3-4,6,9,14-15H2,1-2H3,(H,27,31)/t16-,19-,25+/m1/s1. The average Bonchev–Trinajstić information content (AvgIpc) is 3.35. The molecule has 1 fully saturated rings. The summed E-state index contributed by atoms with van der Waals surface area (Å²) in [7, 11) is 0. The van der Waals surface area contributed by atoms with E-state index in [9.17, 15) is 9.59 Å². The topological polar surface area (TPSA) is 54.3 Å². The molecule has 1 saturated carbocycles. The van der Waals surface area contributed by atoms with Crippen molar-refractivity contribution in [2.24, 2.45) is 5.92 Å². The van der Waals surface area contributed by atoms with Gasteiger partial charge in [-0.1, -0.05) is 43.5 Å². The van der Waals surface area contributed by atoms with Crippen molar-refractivity contribution in [3.8, 4) is 0 Å². The van der Waals surface area contributed by atoms with E-state index in [4.69, 9.17) is 11.6 Å². The molecule has 5 nitrogen and oxygen atoms in total. The zero-order valence-corrected chi connectivity index (χ0v) is 20.0. The Hall–Kier alpha value is -2.31. The van der Waals surface area contributed by atoms with Crippen LogP contribution >= 0.6 is 22.9 Å². The Morgan fingerprint density at radius 1 is 1.25 bits per heavy atom. The number of nitrogens with one attached hydrogen (secondary N) is 1. The second kappa shape index (κ2) is 8.23. The lowest BCUT2D eigenvalue weighted by molar-refractivity contribution is -0.134. The summed E-state index contributed by atoms with van der Waals surface area (Å²) in [6, 6.07) is 11.7. The fourth-order valence-corrected chi connectivity index (χ4v) is 6.23. The second-order valence-corrected chi connectivity index (χ2v) is 10.8. The summed E-state index contributed by atoms with van der Waals surface area (Å²) in [5.74, 6) is 0.256. The van der Waals surface area contributed by atoms with E-state index in [1.807, 2.05) is 53.3 Å². The van der Waals surface area contributed by atoms with Crippen molar-refractivity contribution < 1.29 is 9.59 Å². The highest BCUT2D eigenvalue weighted by atomic mass is 35.5. The Morgan fingerprint density at radius 3 is 2.84 bits per heavy atom. The van der Waals surface area contributed by atoms with E-state index in [0.29, 0.717) is 29.7 Å². The second-order valence-electron chi connectivity index (χ2n) is 9.42. The smallest absolute Gasteiger partial charge is 0.271 e. The van der Waals surface area contributed by atoms with Gasteiger partial charge in [-0.15, -0.1) is 11.3 Å². The molecule has 2 aliphatic rings. The molecule has 168 valence electrons. The molecule has 1 N–H and O–H groups in total. The number of rotatable bonds is 4. The van der Waals surface area contributed by atoms with Gasteiger partial charge in [0.25, 0.3) is 5.91 Å². The monoisotopic (exact) mass is 469 g/mol. The van der Waals surface area contributed by atoms with E-state index in [1.54, 1.807) is 16.2 Å². The minimum Gasteiger partial charge on any atom is -0.351 e. The van der Waals surface area contributed by atoms with Crippen LogP contribution in [0.1, 0.15) is 55.6 Å². The summed E-state index contributed by atoms with van der Waals surface area (Å²) < 4.78 is 3.09. The predicted octanol–water partition coefficient (Wildman–Crippen LogP) is 5.47. The van der Waals surface area contributed by atoms with Gasteiger partial charge in [-0.3, -0.25) is 9.59 Å². The summed E-state index contributed by atoms with van der Waals surface area (Å²) in [6.45, 7) is 4.88. The lowest BCUT2D eigenvalue weighted by Gasteiger charge is -2.45. The number of benzene rings is 1. The number of fused-ring (bicyclic) bond motifs is 3. The van der Waals surface area contributed by atoms with E-state index >= 15 is 0 Å². The Kier molecular flexibility index (Phi) is 5.54. The molecule has 0 radical (unpaired) electrons. The van der Waals surface area contributed by atoms with Crippen molar-refractivity contribution >= 4 is 45.0 Å². The Morgan fingerprint density at radius 2 is 2.06 bits per heavy atom. The molecular weight excluding hydrogens is 442 g/mol. The maximum absolute atomic E-state index is 13.8. The van der Waals surface area contributed by atoms with Crippen molar-refractivity contribution in [1.29, 1.82) is 0 Å². The van der Waals surface area contributed by atoms with Gasteiger partial charge in [-0.05, 0) is 60.9 Å². The molecule has 5 rings (SSSR count). The van der Waals surface area contributed by atoms with Gasteiger partial charge in [-0.25, -0.2) is 0 Å². The molecule has 0 saturated heterocycles. The minimum atomic E-state index is -1.00. The van der Waals surface area contributed by atoms with Crippen LogP contribution in [0.15, 0.2) is 41.8 Å². The normalized spacial score (nSPS) is 25.7. The largest absolute Gasteiger partial charge is 0.351 e. The van der Waals surface area contributed by atoms with Gasteiger partial charge < -0.3 is 14.8 Å². The molecule has 1 aliphatic heterocycles. The van der Waals surface area contributed by atoms with Crippen LogP contribution < -0.4 is 5.32 Å². The number of carbonyl (C=O) groups is 2. The SMILES string of the molecule is C[C@@H]1CCCC[C@H]1NC(=O)[C@]1(C)Cn2c(cc3sccc32)C(=O)N1Cc1cccc(Cl)c1. The molecule has 2 amide bonds. The number of nitrogens with zero attached hydrogens (tertiary/aromatic N) is 2. The fraction of sp³-hybridized carbons (Fsp3) is 0.440. The first kappa shape index (κ1) is 21.5. The van der Waals surface area contributed by atoms with Crippen LogP contribution in [0.2, 0.25) is 5.02 Å². The molecule has 1 aliphatic carbocycles. The first-order valence-electron chi connectivity index (χ1n) is 11.3. The van der Waals surface area contributed by atoms with Crippen LogP contribution in [0.5, 0.6) is 0 Å². The third-order valence-corrected chi connectivity index (χ3v) is 8.28. The number of amides is 2. The first-order chi connectivity index (χ1) is 15.4. The van der Waals surface area contributed by atoms with E-state index < -0.39 is 5.54 Å². The van der Waals surface area contributed by atoms with Gasteiger partial charge in [0, 0.05) is 17.6 Å². The summed E-state index contributed by atoms with van der Waals surface area (Å²) >= 11 is 7.83. The molecule has 1 aromatic carbocycles. The third-order valence-electron chi connectivity index (χ3n) is 7.20. The zero-order chi connectivity index (χ0) is 22.5. The summed E-state index contributed by atoms with van der Waals surface area (Å²) in [6.07, 6.45) is 4.47. The van der Waals surface area contributed by atoms with Crippen molar-refractivity contribution in [2.75, 3.05) is 0 Å². The maximum atomic E-state index is 13.8. The van der Waals surface area contributed by atoms with E-state index in [0.717, 1.165) is 35.0 Å². The van der Waals surface area contributed by atoms with Crippen LogP contribution in [0.25, 0.3) is 10.2 Å². The fourth-order valence-electron chi connectivity index (χ4n) is 5.19. The molecule has 3 aromatic rings. The highest BCUT2D eigenvalue weighted by molar-refractivity contribution is 7.17. The van der Waals surface area contributed by atoms with Gasteiger partial charge in [0.05, 0.1) is 16.8 Å². The lowest BCUT2D eigenvalue weighted by Crippen LogP contribution is -2.65. The highest BCUT2D eigenvalue weighted by Crippen LogP contribution is 2.36. The minimum absolute atomic E-state index is 0.0747. The number of aromatic nitrogens is 1. The van der Waals surface area contributed by atoms with Gasteiger partial charge in [0.1, 0.15) is 11.2 Å². The third kappa shape index (κ3) is 3.63. The lowest BCUT2D eigenvalue weighted by atomic mass is 9.85. The molecule has 0 unspecified atom stereocenters. The summed E-state index contributed by atoms with van der Waals surface area (Å²) in [4.78, 5) is 29.3. The molecule has 0 bridgehead atoms. The van der Waals surface area contributed by atoms with Gasteiger partial charge in [0.2, 0.25) is 5.91 Å². The number of halogens is 1. The molecule has 32 heavy (non-hydrogen) atoms. The van der Waals surface area contributed by atoms with E-state index in [1.165, 1.54) is 6.42 Å². The van der Waals surface area contributed by atoms with Gasteiger partial charge >= 0.3 is 0 Å². The van der Waals surface area contributed by atoms with Crippen LogP contribution in [0, 0.1) is 5.92 Å². The number of carbonyl (C=O) groups excluding carboxylic acids is 2. The first-order valence-corrected chi connectivity index (χ1v) is 12.6. The van der Waals surface area contributed by atoms with Crippen LogP contribution in [-0.4, -0.2) is 32.9 Å². The highest BCUT2D eigenvalue weighted by Gasteiger charge is 2.48. The number of hydrogen-bond donors (Lipinski definition) is 1. The van der Waals surface area contributed by atoms with E-state index in [2.05, 4.69) is 12.2 Å². The van der Waals surface area contributed by atoms with Gasteiger partial charge in [0.15, 0.2) is 0 Å². The quantitative estimate of drug-likeness (QED) is 0.551. The number of thiophene rings is 1. The predicted molar refractivity (Wildman–Crippen MR) is 129 cm³/mol. The Labute approximate surface area is 197 Å². The number of hydrogen-bond acceptors (Lipinski definition) is 3. The molecule has 2 aromatic heterocycles. The summed E-state index contributed by atoms with van der Waals surface area (Å²) in [5, 5.41) is 5.97. The molecular formula is C25H28ClN3O2S. The molecule has 0 spiro atoms. The Bertz CT molecular complexity index is 1190. The zero-order valence-electron chi connectivity index (χ0n) is 18.4. The molecule has 3 heterocycles. The van der Waals surface area contributed by atoms with Crippen molar-refractivity contribution in [3.05, 3.63) is 58.1 Å². The van der Waals surface area contributed by atoms with Crippen molar-refractivity contribution in [2.45, 2.75) is 64.2 Å². The Balaban J connectivity index is 1.53. The van der Waals surface area contributed by atoms with E-state index in [-0.39, 0.29) is 17.9 Å². The average molecular weight is 470 g/mol. The molecule has 3 atom stereocenters. The maximum Gasteiger partial charge on any atom is 0.271 e. The van der Waals surface area contributed by atoms with Crippen LogP contribution in [-0.2, 0) is 17.9 Å². The van der Waals surface area contributed by atoms with Crippen LogP contribution in [0.3, 0.4) is 0 Å². The molecule has 7 heteroatoms. The van der Waals surface area contributed by atoms with Crippen molar-refractivity contribution in [3.63, 3.8) is 0 Å². The van der Waals surface area contributed by atoms with Crippen LogP contribution in [0.4, 0.5) is 0 Å².